The molecule has 3 heterocycles. The van der Waals surface area contributed by atoms with E-state index < -0.39 is 0 Å². The molecular formula is C20H29N3O2. The maximum Gasteiger partial charge on any atom is 0.263 e. The summed E-state index contributed by atoms with van der Waals surface area (Å²) in [6.45, 7) is 6.29. The van der Waals surface area contributed by atoms with Gasteiger partial charge in [0.05, 0.1) is 0 Å². The van der Waals surface area contributed by atoms with Gasteiger partial charge in [-0.1, -0.05) is 6.42 Å². The Bertz CT molecular complexity index is 693. The number of hydrogen-bond donors (Lipinski definition) is 1. The number of likely N-dealkylation sites (tertiary alicyclic amines) is 1. The van der Waals surface area contributed by atoms with Crippen LogP contribution < -0.4 is 10.9 Å². The standard InChI is InChI=1S/C20H29N3O2/c1-14-7-9-22(11-15-4-3-8-21-10-15)19(24)18(14)20(25)23-12-16-5-2-6-17(16)13-23/h7,9,15-17,21H,2-6,8,10-13H2,1H3/t15?,16-,17+. The Morgan fingerprint density at radius 1 is 1.20 bits per heavy atom. The topological polar surface area (TPSA) is 54.3 Å². The molecule has 4 rings (SSSR count). The maximum atomic E-state index is 13.1. The van der Waals surface area contributed by atoms with Gasteiger partial charge in [0.25, 0.3) is 11.5 Å². The third kappa shape index (κ3) is 3.26. The van der Waals surface area contributed by atoms with Crippen LogP contribution in [0.15, 0.2) is 17.1 Å². The SMILES string of the molecule is Cc1ccn(CC2CCCNC2)c(=O)c1C(=O)N1C[C@H]2CCC[C@H]2C1. The second kappa shape index (κ2) is 6.94. The summed E-state index contributed by atoms with van der Waals surface area (Å²) in [7, 11) is 0. The lowest BCUT2D eigenvalue weighted by Crippen LogP contribution is -2.39. The Labute approximate surface area is 149 Å². The van der Waals surface area contributed by atoms with Crippen molar-refractivity contribution < 1.29 is 4.79 Å². The first-order valence-electron chi connectivity index (χ1n) is 9.83. The number of hydrogen-bond acceptors (Lipinski definition) is 3. The first-order chi connectivity index (χ1) is 12.1. The molecule has 2 aliphatic heterocycles. The highest BCUT2D eigenvalue weighted by Crippen LogP contribution is 2.38. The molecule has 2 saturated heterocycles. The van der Waals surface area contributed by atoms with Crippen LogP contribution in [0.4, 0.5) is 0 Å². The summed E-state index contributed by atoms with van der Waals surface area (Å²) < 4.78 is 1.76. The highest BCUT2D eigenvalue weighted by Gasteiger charge is 2.39. The lowest BCUT2D eigenvalue weighted by atomic mass is 9.99. The van der Waals surface area contributed by atoms with E-state index in [0.717, 1.165) is 44.6 Å². The Kier molecular flexibility index (Phi) is 4.67. The minimum absolute atomic E-state index is 0.0481. The van der Waals surface area contributed by atoms with E-state index in [0.29, 0.717) is 29.9 Å². The molecule has 3 aliphatic rings. The second-order valence-corrected chi connectivity index (χ2v) is 8.20. The lowest BCUT2D eigenvalue weighted by Gasteiger charge is -2.24. The van der Waals surface area contributed by atoms with Gasteiger partial charge >= 0.3 is 0 Å². The van der Waals surface area contributed by atoms with Crippen LogP contribution in [-0.2, 0) is 6.54 Å². The molecule has 1 aromatic heterocycles. The molecule has 3 atom stereocenters. The first kappa shape index (κ1) is 16.8. The minimum Gasteiger partial charge on any atom is -0.338 e. The molecule has 1 N–H and O–H groups in total. The summed E-state index contributed by atoms with van der Waals surface area (Å²) in [5.74, 6) is 1.74. The quantitative estimate of drug-likeness (QED) is 0.914. The van der Waals surface area contributed by atoms with Gasteiger partial charge in [-0.2, -0.15) is 0 Å². The molecule has 5 nitrogen and oxygen atoms in total. The number of aromatic nitrogens is 1. The summed E-state index contributed by atoms with van der Waals surface area (Å²) in [6.07, 6.45) is 7.94. The van der Waals surface area contributed by atoms with Crippen molar-refractivity contribution in [1.29, 1.82) is 0 Å². The predicted molar refractivity (Wildman–Crippen MR) is 97.8 cm³/mol. The van der Waals surface area contributed by atoms with Crippen LogP contribution in [0.1, 0.15) is 48.0 Å². The molecule has 0 aromatic carbocycles. The van der Waals surface area contributed by atoms with Gasteiger partial charge in [0, 0.05) is 25.8 Å². The average molecular weight is 343 g/mol. The molecule has 1 aromatic rings. The summed E-state index contributed by atoms with van der Waals surface area (Å²) in [6, 6.07) is 1.93. The summed E-state index contributed by atoms with van der Waals surface area (Å²) >= 11 is 0. The number of aryl methyl sites for hydroxylation is 1. The van der Waals surface area contributed by atoms with E-state index in [4.69, 9.17) is 0 Å². The minimum atomic E-state index is -0.104. The number of piperidine rings is 1. The number of fused-ring (bicyclic) bond motifs is 1. The van der Waals surface area contributed by atoms with Crippen LogP contribution in [0.2, 0.25) is 0 Å². The maximum absolute atomic E-state index is 13.1. The van der Waals surface area contributed by atoms with Gasteiger partial charge in [-0.25, -0.2) is 0 Å². The van der Waals surface area contributed by atoms with Crippen molar-refractivity contribution in [3.05, 3.63) is 33.7 Å². The molecule has 1 unspecified atom stereocenters. The fourth-order valence-corrected chi connectivity index (χ4v) is 4.99. The zero-order valence-corrected chi connectivity index (χ0v) is 15.2. The van der Waals surface area contributed by atoms with Gasteiger partial charge in [0.1, 0.15) is 5.56 Å². The number of carbonyl (C=O) groups is 1. The van der Waals surface area contributed by atoms with Gasteiger partial charge in [0.15, 0.2) is 0 Å². The fraction of sp³-hybridized carbons (Fsp3) is 0.700. The molecule has 136 valence electrons. The Morgan fingerprint density at radius 3 is 2.64 bits per heavy atom. The summed E-state index contributed by atoms with van der Waals surface area (Å²) in [4.78, 5) is 28.0. The van der Waals surface area contributed by atoms with E-state index in [1.807, 2.05) is 24.1 Å². The van der Waals surface area contributed by atoms with Gasteiger partial charge < -0.3 is 14.8 Å². The van der Waals surface area contributed by atoms with Gasteiger partial charge in [-0.05, 0) is 75.1 Å². The van der Waals surface area contributed by atoms with E-state index >= 15 is 0 Å². The second-order valence-electron chi connectivity index (χ2n) is 8.20. The highest BCUT2D eigenvalue weighted by molar-refractivity contribution is 5.95. The van der Waals surface area contributed by atoms with Crippen LogP contribution >= 0.6 is 0 Å². The number of nitrogens with zero attached hydrogens (tertiary/aromatic N) is 2. The van der Waals surface area contributed by atoms with Crippen molar-refractivity contribution in [1.82, 2.24) is 14.8 Å². The van der Waals surface area contributed by atoms with Crippen molar-refractivity contribution in [2.45, 2.75) is 45.6 Å². The van der Waals surface area contributed by atoms with E-state index in [1.54, 1.807) is 4.57 Å². The smallest absolute Gasteiger partial charge is 0.263 e. The summed E-state index contributed by atoms with van der Waals surface area (Å²) in [5, 5.41) is 3.40. The molecule has 0 bridgehead atoms. The largest absolute Gasteiger partial charge is 0.338 e. The normalized spacial score (nSPS) is 29.0. The van der Waals surface area contributed by atoms with Crippen LogP contribution in [0.3, 0.4) is 0 Å². The zero-order valence-electron chi connectivity index (χ0n) is 15.2. The first-order valence-corrected chi connectivity index (χ1v) is 9.83. The average Bonchev–Trinajstić information content (AvgIpc) is 3.20. The Balaban J connectivity index is 1.55. The Morgan fingerprint density at radius 2 is 1.96 bits per heavy atom. The molecule has 0 spiro atoms. The van der Waals surface area contributed by atoms with Gasteiger partial charge in [0.2, 0.25) is 0 Å². The van der Waals surface area contributed by atoms with Crippen LogP contribution in [0.25, 0.3) is 0 Å². The molecule has 1 saturated carbocycles. The summed E-state index contributed by atoms with van der Waals surface area (Å²) in [5.41, 5.74) is 1.10. The monoisotopic (exact) mass is 343 g/mol. The molecule has 5 heteroatoms. The van der Waals surface area contributed by atoms with E-state index in [2.05, 4.69) is 5.32 Å². The van der Waals surface area contributed by atoms with Crippen molar-refractivity contribution in [2.24, 2.45) is 17.8 Å². The molecule has 25 heavy (non-hydrogen) atoms. The van der Waals surface area contributed by atoms with Gasteiger partial charge in [-0.15, -0.1) is 0 Å². The van der Waals surface area contributed by atoms with E-state index in [-0.39, 0.29) is 11.5 Å². The van der Waals surface area contributed by atoms with Crippen molar-refractivity contribution in [3.8, 4) is 0 Å². The Hall–Kier alpha value is -1.62. The fourth-order valence-electron chi connectivity index (χ4n) is 4.99. The number of amides is 1. The van der Waals surface area contributed by atoms with E-state index in [9.17, 15) is 9.59 Å². The highest BCUT2D eigenvalue weighted by atomic mass is 16.2. The third-order valence-electron chi connectivity index (χ3n) is 6.45. The van der Waals surface area contributed by atoms with Crippen molar-refractivity contribution >= 4 is 5.91 Å². The number of nitrogens with one attached hydrogen (secondary N) is 1. The molecule has 1 amide bonds. The van der Waals surface area contributed by atoms with Crippen LogP contribution in [0.5, 0.6) is 0 Å². The number of pyridine rings is 1. The van der Waals surface area contributed by atoms with Crippen molar-refractivity contribution in [2.75, 3.05) is 26.2 Å². The van der Waals surface area contributed by atoms with Gasteiger partial charge in [-0.3, -0.25) is 9.59 Å². The molecule has 3 fully saturated rings. The van der Waals surface area contributed by atoms with Crippen molar-refractivity contribution in [3.63, 3.8) is 0 Å². The number of carbonyl (C=O) groups excluding carboxylic acids is 1. The number of rotatable bonds is 3. The van der Waals surface area contributed by atoms with Crippen LogP contribution in [-0.4, -0.2) is 41.6 Å². The molecular weight excluding hydrogens is 314 g/mol. The zero-order chi connectivity index (χ0) is 17.4. The van der Waals surface area contributed by atoms with E-state index in [1.165, 1.54) is 19.3 Å². The lowest BCUT2D eigenvalue weighted by molar-refractivity contribution is 0.0777. The molecule has 0 radical (unpaired) electrons. The predicted octanol–water partition coefficient (Wildman–Crippen LogP) is 2.03. The van der Waals surface area contributed by atoms with Crippen LogP contribution in [0, 0.1) is 24.7 Å². The molecule has 1 aliphatic carbocycles. The third-order valence-corrected chi connectivity index (χ3v) is 6.45.